The van der Waals surface area contributed by atoms with Crippen LogP contribution in [0.1, 0.15) is 420 Å². The van der Waals surface area contributed by atoms with E-state index >= 15 is 0 Å². The fraction of sp³-hybridized carbons (Fsp3) is 0.959. The molecule has 0 aromatic heterocycles. The molecule has 0 aromatic rings. The lowest BCUT2D eigenvalue weighted by atomic mass is 10.0. The van der Waals surface area contributed by atoms with Crippen LogP contribution in [0, 0.1) is 11.8 Å². The number of rotatable bonds is 67. The summed E-state index contributed by atoms with van der Waals surface area (Å²) >= 11 is 0. The van der Waals surface area contributed by atoms with Crippen molar-refractivity contribution in [2.24, 2.45) is 11.8 Å². The van der Waals surface area contributed by atoms with Crippen LogP contribution in [0.25, 0.3) is 0 Å². The van der Waals surface area contributed by atoms with E-state index in [1.807, 2.05) is 0 Å². The van der Waals surface area contributed by atoms with Crippen LogP contribution in [0.3, 0.4) is 0 Å². The predicted molar refractivity (Wildman–Crippen MR) is 344 cm³/mol. The van der Waals surface area contributed by atoms with Crippen LogP contribution in [0.4, 0.5) is 0 Å². The first kappa shape index (κ1) is 77.4. The fourth-order valence-electron chi connectivity index (χ4n) is 11.5. The summed E-state index contributed by atoms with van der Waals surface area (Å²) in [5.41, 5.74) is 0. The molecule has 6 nitrogen and oxygen atoms in total. The minimum atomic E-state index is -0.765. The number of carbonyl (C=O) groups excluding carboxylic acids is 3. The van der Waals surface area contributed by atoms with Crippen LogP contribution < -0.4 is 0 Å². The number of ether oxygens (including phenoxy) is 3. The summed E-state index contributed by atoms with van der Waals surface area (Å²) in [4.78, 5) is 38.5. The molecule has 0 aliphatic carbocycles. The highest BCUT2D eigenvalue weighted by Gasteiger charge is 2.20. The number of hydrogen-bond acceptors (Lipinski definition) is 6. The highest BCUT2D eigenvalue weighted by atomic mass is 16.6. The van der Waals surface area contributed by atoms with Crippen molar-refractivity contribution in [3.8, 4) is 0 Å². The second kappa shape index (κ2) is 65.6. The first-order chi connectivity index (χ1) is 38.7. The van der Waals surface area contributed by atoms with Crippen molar-refractivity contribution in [3.05, 3.63) is 0 Å². The van der Waals surface area contributed by atoms with Gasteiger partial charge in [0.25, 0.3) is 0 Å². The summed E-state index contributed by atoms with van der Waals surface area (Å²) in [7, 11) is 0. The van der Waals surface area contributed by atoms with Gasteiger partial charge in [-0.3, -0.25) is 14.4 Å². The molecule has 0 bridgehead atoms. The van der Waals surface area contributed by atoms with E-state index in [4.69, 9.17) is 14.2 Å². The summed E-state index contributed by atoms with van der Waals surface area (Å²) in [6.07, 6.45) is 75.5. The minimum absolute atomic E-state index is 0.0609. The Morgan fingerprint density at radius 3 is 0.620 bits per heavy atom. The second-order valence-corrected chi connectivity index (χ2v) is 26.2. The zero-order chi connectivity index (χ0) is 57.4. The second-order valence-electron chi connectivity index (χ2n) is 26.2. The Kier molecular flexibility index (Phi) is 64.2. The standard InChI is InChI=1S/C73H142O6/c1-6-7-8-9-10-11-12-13-14-15-16-23-28-33-38-43-48-53-58-63-71(74)77-66-70(79-73(76)65-60-55-50-45-40-35-30-25-20-18-22-27-32-37-42-47-52-57-62-69(4)5)67-78-72(75)64-59-54-49-44-39-34-29-24-19-17-21-26-31-36-41-46-51-56-61-68(2)3/h68-70H,6-67H2,1-5H3/t70-/m0/s1. The number of hydrogen-bond donors (Lipinski definition) is 0. The normalized spacial score (nSPS) is 12.0. The van der Waals surface area contributed by atoms with E-state index < -0.39 is 6.10 Å². The molecule has 0 radical (unpaired) electrons. The molecule has 0 rings (SSSR count). The molecule has 0 aliphatic rings. The van der Waals surface area contributed by atoms with Gasteiger partial charge in [-0.1, -0.05) is 381 Å². The number of esters is 3. The molecule has 0 amide bonds. The zero-order valence-electron chi connectivity index (χ0n) is 54.5. The quantitative estimate of drug-likeness (QED) is 0.0343. The maximum atomic E-state index is 13.0. The van der Waals surface area contributed by atoms with Crippen molar-refractivity contribution in [1.29, 1.82) is 0 Å². The maximum absolute atomic E-state index is 13.0. The van der Waals surface area contributed by atoms with Gasteiger partial charge in [-0.15, -0.1) is 0 Å². The van der Waals surface area contributed by atoms with Gasteiger partial charge in [0, 0.05) is 19.3 Å². The van der Waals surface area contributed by atoms with Gasteiger partial charge in [-0.05, 0) is 31.1 Å². The van der Waals surface area contributed by atoms with E-state index in [2.05, 4.69) is 34.6 Å². The molecule has 0 saturated heterocycles. The molecule has 0 aliphatic heterocycles. The summed E-state index contributed by atoms with van der Waals surface area (Å²) in [5, 5.41) is 0. The van der Waals surface area contributed by atoms with Gasteiger partial charge < -0.3 is 14.2 Å². The van der Waals surface area contributed by atoms with Crippen molar-refractivity contribution >= 4 is 17.9 Å². The maximum Gasteiger partial charge on any atom is 0.306 e. The van der Waals surface area contributed by atoms with Crippen LogP contribution in [-0.4, -0.2) is 37.2 Å². The largest absolute Gasteiger partial charge is 0.462 e. The molecule has 0 fully saturated rings. The lowest BCUT2D eigenvalue weighted by Gasteiger charge is -2.18. The molecule has 0 spiro atoms. The zero-order valence-corrected chi connectivity index (χ0v) is 54.5. The van der Waals surface area contributed by atoms with E-state index in [-0.39, 0.29) is 31.1 Å². The first-order valence-electron chi connectivity index (χ1n) is 36.2. The SMILES string of the molecule is CCCCCCCCCCCCCCCCCCCCCC(=O)OC[C@@H](COC(=O)CCCCCCCCCCCCCCCCCCCCC(C)C)OC(=O)CCCCCCCCCCCCCCCCCCCCC(C)C. The Balaban J connectivity index is 4.27. The van der Waals surface area contributed by atoms with E-state index in [1.165, 1.54) is 308 Å². The van der Waals surface area contributed by atoms with Crippen LogP contribution in [0.5, 0.6) is 0 Å². The van der Waals surface area contributed by atoms with Gasteiger partial charge in [-0.2, -0.15) is 0 Å². The number of carbonyl (C=O) groups is 3. The van der Waals surface area contributed by atoms with Crippen molar-refractivity contribution in [2.75, 3.05) is 13.2 Å². The highest BCUT2D eigenvalue weighted by molar-refractivity contribution is 5.71. The fourth-order valence-corrected chi connectivity index (χ4v) is 11.5. The first-order valence-corrected chi connectivity index (χ1v) is 36.2. The molecule has 470 valence electrons. The van der Waals surface area contributed by atoms with Crippen molar-refractivity contribution < 1.29 is 28.6 Å². The molecular formula is C73H142O6. The average molecular weight is 1120 g/mol. The van der Waals surface area contributed by atoms with Gasteiger partial charge in [0.05, 0.1) is 0 Å². The van der Waals surface area contributed by atoms with Crippen LogP contribution in [0.2, 0.25) is 0 Å². The third kappa shape index (κ3) is 67.1. The topological polar surface area (TPSA) is 78.9 Å². The molecular weight excluding hydrogens is 973 g/mol. The monoisotopic (exact) mass is 1120 g/mol. The Hall–Kier alpha value is -1.59. The van der Waals surface area contributed by atoms with Crippen molar-refractivity contribution in [3.63, 3.8) is 0 Å². The molecule has 0 aromatic carbocycles. The van der Waals surface area contributed by atoms with Gasteiger partial charge in [0.1, 0.15) is 13.2 Å². The lowest BCUT2D eigenvalue weighted by Crippen LogP contribution is -2.30. The average Bonchev–Trinajstić information content (AvgIpc) is 3.43. The molecule has 1 atom stereocenters. The van der Waals surface area contributed by atoms with Crippen LogP contribution in [0.15, 0.2) is 0 Å². The minimum Gasteiger partial charge on any atom is -0.462 e. The Labute approximate surface area is 495 Å². The third-order valence-electron chi connectivity index (χ3n) is 17.0. The summed E-state index contributed by atoms with van der Waals surface area (Å²) in [6, 6.07) is 0. The molecule has 6 heteroatoms. The van der Waals surface area contributed by atoms with Crippen molar-refractivity contribution in [1.82, 2.24) is 0 Å². The Morgan fingerprint density at radius 1 is 0.241 bits per heavy atom. The van der Waals surface area contributed by atoms with Gasteiger partial charge in [-0.25, -0.2) is 0 Å². The van der Waals surface area contributed by atoms with Crippen molar-refractivity contribution in [2.45, 2.75) is 426 Å². The molecule has 0 saturated carbocycles. The smallest absolute Gasteiger partial charge is 0.306 e. The molecule has 0 heterocycles. The van der Waals surface area contributed by atoms with E-state index in [0.29, 0.717) is 19.3 Å². The third-order valence-corrected chi connectivity index (χ3v) is 17.0. The predicted octanol–water partition coefficient (Wildman–Crippen LogP) is 24.7. The van der Waals surface area contributed by atoms with Gasteiger partial charge in [0.15, 0.2) is 6.10 Å². The molecule has 0 unspecified atom stereocenters. The summed E-state index contributed by atoms with van der Waals surface area (Å²) < 4.78 is 17.0. The van der Waals surface area contributed by atoms with Crippen LogP contribution in [-0.2, 0) is 28.6 Å². The molecule has 0 N–H and O–H groups in total. The Bertz CT molecular complexity index is 1210. The summed E-state index contributed by atoms with van der Waals surface area (Å²) in [6.45, 7) is 11.5. The molecule has 79 heavy (non-hydrogen) atoms. The van der Waals surface area contributed by atoms with E-state index in [9.17, 15) is 14.4 Å². The number of unbranched alkanes of at least 4 members (excludes halogenated alkanes) is 52. The van der Waals surface area contributed by atoms with Gasteiger partial charge in [0.2, 0.25) is 0 Å². The summed E-state index contributed by atoms with van der Waals surface area (Å²) in [5.74, 6) is 0.896. The van der Waals surface area contributed by atoms with Crippen LogP contribution >= 0.6 is 0 Å². The van der Waals surface area contributed by atoms with Gasteiger partial charge >= 0.3 is 17.9 Å². The highest BCUT2D eigenvalue weighted by Crippen LogP contribution is 2.20. The van der Waals surface area contributed by atoms with E-state index in [1.54, 1.807) is 0 Å². The van der Waals surface area contributed by atoms with E-state index in [0.717, 1.165) is 69.6 Å². The Morgan fingerprint density at radius 2 is 0.418 bits per heavy atom. The lowest BCUT2D eigenvalue weighted by molar-refractivity contribution is -0.167.